The topological polar surface area (TPSA) is 17.1 Å². The zero-order chi connectivity index (χ0) is 13.6. The van der Waals surface area contributed by atoms with Crippen molar-refractivity contribution in [3.63, 3.8) is 0 Å². The van der Waals surface area contributed by atoms with Crippen molar-refractivity contribution < 1.29 is 9.18 Å². The Hall–Kier alpha value is -1.38. The predicted octanol–water partition coefficient (Wildman–Crippen LogP) is 4.83. The van der Waals surface area contributed by atoms with Gasteiger partial charge in [0.15, 0.2) is 0 Å². The molecule has 2 aromatic rings. The van der Waals surface area contributed by atoms with Crippen LogP contribution < -0.4 is 0 Å². The maximum absolute atomic E-state index is 13.4. The Morgan fingerprint density at radius 1 is 1.16 bits per heavy atom. The summed E-state index contributed by atoms with van der Waals surface area (Å²) in [6.07, 6.45) is 1.12. The fourth-order valence-electron chi connectivity index (χ4n) is 2.73. The lowest BCUT2D eigenvalue weighted by Gasteiger charge is -2.11. The van der Waals surface area contributed by atoms with Gasteiger partial charge < -0.3 is 4.79 Å². The van der Waals surface area contributed by atoms with E-state index in [4.69, 9.17) is 23.2 Å². The number of hydrogen-bond donors (Lipinski definition) is 0. The van der Waals surface area contributed by atoms with E-state index in [1.807, 2.05) is 6.07 Å². The number of carbonyl (C=O) groups is 1. The standard InChI is InChI=1S/C15H9Cl2FO/c16-8-5-13-10-2-1-9(18)7-12(10)11(3-4-19)15(13)14(17)6-8/h1-2,4-7,11H,3H2/t11-/m0/s1. The minimum absolute atomic E-state index is 0.192. The second kappa shape index (κ2) is 4.62. The van der Waals surface area contributed by atoms with Crippen LogP contribution in [0.4, 0.5) is 4.39 Å². The highest BCUT2D eigenvalue weighted by atomic mass is 35.5. The van der Waals surface area contributed by atoms with E-state index in [0.29, 0.717) is 10.0 Å². The molecular weight excluding hydrogens is 286 g/mol. The third-order valence-corrected chi connectivity index (χ3v) is 3.98. The van der Waals surface area contributed by atoms with Crippen LogP contribution in [0, 0.1) is 5.82 Å². The van der Waals surface area contributed by atoms with Gasteiger partial charge in [-0.3, -0.25) is 0 Å². The van der Waals surface area contributed by atoms with Gasteiger partial charge in [-0.25, -0.2) is 4.39 Å². The normalized spacial score (nSPS) is 16.1. The Kier molecular flexibility index (Phi) is 3.08. The molecule has 0 heterocycles. The molecule has 0 N–H and O–H groups in total. The largest absolute Gasteiger partial charge is 0.303 e. The molecule has 0 radical (unpaired) electrons. The van der Waals surface area contributed by atoms with Crippen molar-refractivity contribution in [2.45, 2.75) is 12.3 Å². The quantitative estimate of drug-likeness (QED) is 0.725. The lowest BCUT2D eigenvalue weighted by Crippen LogP contribution is -1.98. The van der Waals surface area contributed by atoms with Gasteiger partial charge in [-0.15, -0.1) is 0 Å². The smallest absolute Gasteiger partial charge is 0.123 e. The maximum atomic E-state index is 13.4. The average molecular weight is 295 g/mol. The van der Waals surface area contributed by atoms with Gasteiger partial charge in [0.1, 0.15) is 12.1 Å². The Balaban J connectivity index is 2.31. The van der Waals surface area contributed by atoms with Crippen molar-refractivity contribution in [1.29, 1.82) is 0 Å². The third kappa shape index (κ3) is 1.96. The van der Waals surface area contributed by atoms with Crippen LogP contribution in [-0.2, 0) is 4.79 Å². The maximum Gasteiger partial charge on any atom is 0.123 e. The number of benzene rings is 2. The summed E-state index contributed by atoms with van der Waals surface area (Å²) in [6, 6.07) is 8.04. The summed E-state index contributed by atoms with van der Waals surface area (Å²) in [5.41, 5.74) is 3.44. The number of rotatable bonds is 2. The first-order valence-corrected chi connectivity index (χ1v) is 6.60. The Morgan fingerprint density at radius 3 is 2.68 bits per heavy atom. The van der Waals surface area contributed by atoms with Gasteiger partial charge in [-0.05, 0) is 46.5 Å². The van der Waals surface area contributed by atoms with E-state index in [0.717, 1.165) is 28.5 Å². The van der Waals surface area contributed by atoms with Gasteiger partial charge in [0.25, 0.3) is 0 Å². The molecule has 0 unspecified atom stereocenters. The molecular formula is C15H9Cl2FO. The summed E-state index contributed by atoms with van der Waals surface area (Å²) < 4.78 is 13.4. The summed E-state index contributed by atoms with van der Waals surface area (Å²) in [5.74, 6) is -0.507. The molecule has 0 aromatic heterocycles. The molecule has 0 spiro atoms. The van der Waals surface area contributed by atoms with Crippen LogP contribution in [0.15, 0.2) is 30.3 Å². The molecule has 1 aliphatic rings. The average Bonchev–Trinajstić information content (AvgIpc) is 2.64. The van der Waals surface area contributed by atoms with Gasteiger partial charge in [0.05, 0.1) is 0 Å². The SMILES string of the molecule is O=CC[C@H]1c2cc(F)ccc2-c2cc(Cl)cc(Cl)c21. The fraction of sp³-hybridized carbons (Fsp3) is 0.133. The molecule has 96 valence electrons. The summed E-state index contributed by atoms with van der Waals surface area (Å²) in [6.45, 7) is 0. The molecule has 0 aliphatic heterocycles. The molecule has 1 nitrogen and oxygen atoms in total. The van der Waals surface area contributed by atoms with E-state index in [9.17, 15) is 9.18 Å². The first kappa shape index (κ1) is 12.6. The van der Waals surface area contributed by atoms with Gasteiger partial charge in [-0.1, -0.05) is 29.3 Å². The Morgan fingerprint density at radius 2 is 1.95 bits per heavy atom. The van der Waals surface area contributed by atoms with Crippen LogP contribution in [0.25, 0.3) is 11.1 Å². The molecule has 0 fully saturated rings. The van der Waals surface area contributed by atoms with E-state index in [1.54, 1.807) is 12.1 Å². The Bertz CT molecular complexity index is 682. The molecule has 3 rings (SSSR count). The van der Waals surface area contributed by atoms with Crippen molar-refractivity contribution in [3.05, 3.63) is 57.3 Å². The number of halogens is 3. The van der Waals surface area contributed by atoms with Gasteiger partial charge in [0.2, 0.25) is 0 Å². The molecule has 0 saturated heterocycles. The van der Waals surface area contributed by atoms with Crippen molar-refractivity contribution in [2.24, 2.45) is 0 Å². The predicted molar refractivity (Wildman–Crippen MR) is 74.4 cm³/mol. The van der Waals surface area contributed by atoms with Crippen molar-refractivity contribution in [1.82, 2.24) is 0 Å². The lowest BCUT2D eigenvalue weighted by atomic mass is 9.94. The van der Waals surface area contributed by atoms with Crippen LogP contribution in [0.2, 0.25) is 10.0 Å². The van der Waals surface area contributed by atoms with Gasteiger partial charge >= 0.3 is 0 Å². The number of fused-ring (bicyclic) bond motifs is 3. The van der Waals surface area contributed by atoms with Crippen LogP contribution in [0.5, 0.6) is 0 Å². The van der Waals surface area contributed by atoms with E-state index >= 15 is 0 Å². The van der Waals surface area contributed by atoms with E-state index < -0.39 is 0 Å². The van der Waals surface area contributed by atoms with Crippen molar-refractivity contribution in [2.75, 3.05) is 0 Å². The molecule has 0 amide bonds. The highest BCUT2D eigenvalue weighted by Crippen LogP contribution is 2.50. The van der Waals surface area contributed by atoms with Crippen LogP contribution in [-0.4, -0.2) is 6.29 Å². The number of hydrogen-bond acceptors (Lipinski definition) is 1. The summed E-state index contributed by atoms with van der Waals surface area (Å²) in [7, 11) is 0. The molecule has 4 heteroatoms. The molecule has 0 saturated carbocycles. The zero-order valence-corrected chi connectivity index (χ0v) is 11.3. The second-order valence-corrected chi connectivity index (χ2v) is 5.38. The molecule has 0 bridgehead atoms. The zero-order valence-electron chi connectivity index (χ0n) is 9.79. The molecule has 19 heavy (non-hydrogen) atoms. The van der Waals surface area contributed by atoms with E-state index in [-0.39, 0.29) is 18.2 Å². The van der Waals surface area contributed by atoms with Crippen molar-refractivity contribution >= 4 is 29.5 Å². The summed E-state index contributed by atoms with van der Waals surface area (Å²) in [4.78, 5) is 10.9. The second-order valence-electron chi connectivity index (χ2n) is 4.54. The number of aldehydes is 1. The summed E-state index contributed by atoms with van der Waals surface area (Å²) in [5, 5.41) is 1.05. The first-order chi connectivity index (χ1) is 9.11. The minimum Gasteiger partial charge on any atom is -0.303 e. The van der Waals surface area contributed by atoms with Gasteiger partial charge in [-0.2, -0.15) is 0 Å². The first-order valence-electron chi connectivity index (χ1n) is 5.84. The third-order valence-electron chi connectivity index (χ3n) is 3.45. The molecule has 1 atom stereocenters. The van der Waals surface area contributed by atoms with Crippen molar-refractivity contribution in [3.8, 4) is 11.1 Å². The lowest BCUT2D eigenvalue weighted by molar-refractivity contribution is -0.108. The highest BCUT2D eigenvalue weighted by Gasteiger charge is 2.31. The van der Waals surface area contributed by atoms with E-state index in [2.05, 4.69) is 0 Å². The minimum atomic E-state index is -0.315. The van der Waals surface area contributed by atoms with Crippen LogP contribution in [0.3, 0.4) is 0 Å². The van der Waals surface area contributed by atoms with Gasteiger partial charge in [0, 0.05) is 22.4 Å². The van der Waals surface area contributed by atoms with Crippen LogP contribution in [0.1, 0.15) is 23.5 Å². The number of carbonyl (C=O) groups excluding carboxylic acids is 1. The molecule has 1 aliphatic carbocycles. The monoisotopic (exact) mass is 294 g/mol. The fourth-order valence-corrected chi connectivity index (χ4v) is 3.35. The molecule has 2 aromatic carbocycles. The Labute approximate surface area is 120 Å². The highest BCUT2D eigenvalue weighted by molar-refractivity contribution is 6.36. The summed E-state index contributed by atoms with van der Waals surface area (Å²) >= 11 is 12.3. The van der Waals surface area contributed by atoms with E-state index in [1.165, 1.54) is 12.1 Å². The van der Waals surface area contributed by atoms with Crippen LogP contribution >= 0.6 is 23.2 Å².